The maximum Gasteiger partial charge on any atom is 0.178 e. The van der Waals surface area contributed by atoms with Crippen LogP contribution in [0.5, 0.6) is 5.75 Å². The number of halogens is 2. The van der Waals surface area contributed by atoms with E-state index in [9.17, 15) is 5.11 Å². The zero-order valence-corrected chi connectivity index (χ0v) is 18.1. The standard InChI is InChI=1S/C20H29N3O3.2ClH/c1-3-17(8-9-21)18-4-6-19(7-5-18)26-20(16(2)25)23-12-10-22(11-13-23)14-15-24;;/h4-8,16,20,24-25H,3,10-15H2,1-2H3;2*1H. The normalized spacial score (nSPS) is 17.6. The summed E-state index contributed by atoms with van der Waals surface area (Å²) in [4.78, 5) is 4.34. The Kier molecular flexibility index (Phi) is 13.1. The van der Waals surface area contributed by atoms with Crippen LogP contribution in [0.15, 0.2) is 30.3 Å². The Morgan fingerprint density at radius 1 is 1.21 bits per heavy atom. The number of hydrogen-bond donors (Lipinski definition) is 2. The van der Waals surface area contributed by atoms with Crippen LogP contribution in [0.1, 0.15) is 25.8 Å². The molecule has 0 aliphatic carbocycles. The number of piperazine rings is 1. The van der Waals surface area contributed by atoms with Crippen molar-refractivity contribution in [1.29, 1.82) is 5.26 Å². The lowest BCUT2D eigenvalue weighted by atomic mass is 10.0. The van der Waals surface area contributed by atoms with E-state index in [-0.39, 0.29) is 31.4 Å². The van der Waals surface area contributed by atoms with Crippen molar-refractivity contribution in [3.8, 4) is 11.8 Å². The number of hydrogen-bond acceptors (Lipinski definition) is 6. The summed E-state index contributed by atoms with van der Waals surface area (Å²) in [6.07, 6.45) is 1.34. The molecule has 28 heavy (non-hydrogen) atoms. The van der Waals surface area contributed by atoms with Crippen LogP contribution in [0.2, 0.25) is 0 Å². The molecule has 2 N–H and O–H groups in total. The number of ether oxygens (including phenoxy) is 1. The third kappa shape index (κ3) is 7.59. The van der Waals surface area contributed by atoms with Crippen molar-refractivity contribution in [2.45, 2.75) is 32.6 Å². The summed E-state index contributed by atoms with van der Waals surface area (Å²) in [5.74, 6) is 0.699. The van der Waals surface area contributed by atoms with Crippen molar-refractivity contribution in [2.75, 3.05) is 39.3 Å². The first kappa shape index (κ1) is 26.7. The molecule has 0 radical (unpaired) electrons. The lowest BCUT2D eigenvalue weighted by Crippen LogP contribution is -2.55. The van der Waals surface area contributed by atoms with Crippen LogP contribution < -0.4 is 4.74 Å². The minimum absolute atomic E-state index is 0. The molecule has 1 aliphatic rings. The van der Waals surface area contributed by atoms with Gasteiger partial charge in [-0.1, -0.05) is 19.1 Å². The zero-order valence-electron chi connectivity index (χ0n) is 16.5. The zero-order chi connectivity index (χ0) is 18.9. The van der Waals surface area contributed by atoms with Crippen molar-refractivity contribution in [3.05, 3.63) is 35.9 Å². The Labute approximate surface area is 180 Å². The molecule has 8 heteroatoms. The topological polar surface area (TPSA) is 80.0 Å². The van der Waals surface area contributed by atoms with E-state index in [0.29, 0.717) is 12.3 Å². The Balaban J connectivity index is 0.00000364. The molecule has 6 nitrogen and oxygen atoms in total. The van der Waals surface area contributed by atoms with Gasteiger partial charge in [0.25, 0.3) is 0 Å². The molecule has 0 amide bonds. The molecule has 1 saturated heterocycles. The van der Waals surface area contributed by atoms with Crippen LogP contribution in [0.25, 0.3) is 5.57 Å². The first-order valence-corrected chi connectivity index (χ1v) is 9.20. The quantitative estimate of drug-likeness (QED) is 0.615. The van der Waals surface area contributed by atoms with Crippen molar-refractivity contribution in [2.24, 2.45) is 0 Å². The fourth-order valence-corrected chi connectivity index (χ4v) is 3.22. The van der Waals surface area contributed by atoms with E-state index in [2.05, 4.69) is 15.9 Å². The molecule has 1 aliphatic heterocycles. The van der Waals surface area contributed by atoms with Gasteiger partial charge in [-0.3, -0.25) is 9.80 Å². The number of nitriles is 1. The van der Waals surface area contributed by atoms with Crippen LogP contribution >= 0.6 is 24.8 Å². The van der Waals surface area contributed by atoms with Crippen molar-refractivity contribution < 1.29 is 14.9 Å². The summed E-state index contributed by atoms with van der Waals surface area (Å²) in [6, 6.07) is 9.74. The predicted molar refractivity (Wildman–Crippen MR) is 116 cm³/mol. The minimum Gasteiger partial charge on any atom is -0.472 e. The van der Waals surface area contributed by atoms with Gasteiger partial charge in [0.2, 0.25) is 0 Å². The van der Waals surface area contributed by atoms with Crippen LogP contribution in [0, 0.1) is 11.3 Å². The molecule has 2 atom stereocenters. The maximum absolute atomic E-state index is 10.2. The molecular formula is C20H31Cl2N3O3. The number of nitrogens with zero attached hydrogens (tertiary/aromatic N) is 3. The molecule has 0 saturated carbocycles. The highest BCUT2D eigenvalue weighted by Gasteiger charge is 2.28. The van der Waals surface area contributed by atoms with Gasteiger partial charge in [0, 0.05) is 38.8 Å². The highest BCUT2D eigenvalue weighted by Crippen LogP contribution is 2.23. The maximum atomic E-state index is 10.2. The van der Waals surface area contributed by atoms with Gasteiger partial charge in [0.15, 0.2) is 6.23 Å². The van der Waals surface area contributed by atoms with Gasteiger partial charge >= 0.3 is 0 Å². The van der Waals surface area contributed by atoms with Gasteiger partial charge in [-0.05, 0) is 36.6 Å². The average molecular weight is 432 g/mol. The number of allylic oxidation sites excluding steroid dienone is 2. The number of rotatable bonds is 8. The molecule has 158 valence electrons. The molecule has 1 aromatic rings. The van der Waals surface area contributed by atoms with Crippen molar-refractivity contribution in [1.82, 2.24) is 9.80 Å². The Morgan fingerprint density at radius 2 is 1.82 bits per heavy atom. The van der Waals surface area contributed by atoms with E-state index in [1.54, 1.807) is 13.0 Å². The van der Waals surface area contributed by atoms with E-state index < -0.39 is 12.3 Å². The summed E-state index contributed by atoms with van der Waals surface area (Å²) < 4.78 is 6.06. The fraction of sp³-hybridized carbons (Fsp3) is 0.550. The monoisotopic (exact) mass is 431 g/mol. The molecule has 0 bridgehead atoms. The summed E-state index contributed by atoms with van der Waals surface area (Å²) in [7, 11) is 0. The molecule has 0 aromatic heterocycles. The SMILES string of the molecule is CCC(=CC#N)c1ccc(OC(C(C)O)N2CCN(CCO)CC2)cc1.Cl.Cl. The molecular weight excluding hydrogens is 401 g/mol. The molecule has 1 fully saturated rings. The molecule has 2 unspecified atom stereocenters. The van der Waals surface area contributed by atoms with Gasteiger partial charge < -0.3 is 14.9 Å². The van der Waals surface area contributed by atoms with Crippen LogP contribution in [-0.2, 0) is 0 Å². The van der Waals surface area contributed by atoms with Crippen molar-refractivity contribution >= 4 is 30.4 Å². The number of β-amino-alcohol motifs (C(OH)–C–C–N with tert-alkyl or cyclic N) is 1. The van der Waals surface area contributed by atoms with Crippen LogP contribution in [0.3, 0.4) is 0 Å². The predicted octanol–water partition coefficient (Wildman–Crippen LogP) is 2.54. The Morgan fingerprint density at radius 3 is 2.29 bits per heavy atom. The smallest absolute Gasteiger partial charge is 0.178 e. The second-order valence-corrected chi connectivity index (χ2v) is 6.53. The van der Waals surface area contributed by atoms with E-state index in [1.807, 2.05) is 31.2 Å². The second kappa shape index (κ2) is 13.8. The molecule has 2 rings (SSSR count). The minimum atomic E-state index is -0.622. The summed E-state index contributed by atoms with van der Waals surface area (Å²) >= 11 is 0. The Hall–Kier alpha value is -1.33. The van der Waals surface area contributed by atoms with Gasteiger partial charge in [0.1, 0.15) is 11.9 Å². The largest absolute Gasteiger partial charge is 0.472 e. The van der Waals surface area contributed by atoms with E-state index in [4.69, 9.17) is 15.1 Å². The van der Waals surface area contributed by atoms with E-state index in [1.165, 1.54) is 0 Å². The van der Waals surface area contributed by atoms with Gasteiger partial charge in [-0.15, -0.1) is 24.8 Å². The highest BCUT2D eigenvalue weighted by atomic mass is 35.5. The first-order valence-electron chi connectivity index (χ1n) is 9.20. The highest BCUT2D eigenvalue weighted by molar-refractivity contribution is 5.85. The average Bonchev–Trinajstić information content (AvgIpc) is 2.65. The summed E-state index contributed by atoms with van der Waals surface area (Å²) in [5.41, 5.74) is 2.00. The third-order valence-electron chi connectivity index (χ3n) is 4.70. The lowest BCUT2D eigenvalue weighted by Gasteiger charge is -2.39. The third-order valence-corrected chi connectivity index (χ3v) is 4.70. The molecule has 1 aromatic carbocycles. The first-order chi connectivity index (χ1) is 12.6. The van der Waals surface area contributed by atoms with E-state index >= 15 is 0 Å². The lowest BCUT2D eigenvalue weighted by molar-refractivity contribution is -0.0752. The van der Waals surface area contributed by atoms with Gasteiger partial charge in [-0.2, -0.15) is 5.26 Å². The van der Waals surface area contributed by atoms with Crippen LogP contribution in [-0.4, -0.2) is 71.7 Å². The number of aliphatic hydroxyl groups is 2. The number of aliphatic hydroxyl groups excluding tert-OH is 2. The Bertz CT molecular complexity index is 625. The van der Waals surface area contributed by atoms with Gasteiger partial charge in [-0.25, -0.2) is 0 Å². The summed E-state index contributed by atoms with van der Waals surface area (Å²) in [6.45, 7) is 7.90. The van der Waals surface area contributed by atoms with Crippen LogP contribution in [0.4, 0.5) is 0 Å². The number of benzene rings is 1. The molecule has 1 heterocycles. The fourth-order valence-electron chi connectivity index (χ4n) is 3.22. The van der Waals surface area contributed by atoms with Gasteiger partial charge in [0.05, 0.1) is 12.7 Å². The summed E-state index contributed by atoms with van der Waals surface area (Å²) in [5, 5.41) is 28.1. The second-order valence-electron chi connectivity index (χ2n) is 6.53. The van der Waals surface area contributed by atoms with Crippen molar-refractivity contribution in [3.63, 3.8) is 0 Å². The molecule has 0 spiro atoms. The van der Waals surface area contributed by atoms with E-state index in [0.717, 1.165) is 43.7 Å².